The molecule has 0 aromatic heterocycles. The van der Waals surface area contributed by atoms with Crippen LogP contribution >= 0.6 is 0 Å². The maximum absolute atomic E-state index is 9.47. The molecule has 1 N–H and O–H groups in total. The van der Waals surface area contributed by atoms with Gasteiger partial charge < -0.3 is 5.11 Å². The normalized spacial score (nSPS) is 20.3. The number of aromatic hydroxyl groups is 1. The molecule has 0 radical (unpaired) electrons. The van der Waals surface area contributed by atoms with Crippen LogP contribution in [0.15, 0.2) is 42.5 Å². The van der Waals surface area contributed by atoms with Crippen molar-refractivity contribution in [2.75, 3.05) is 13.6 Å². The predicted molar refractivity (Wildman–Crippen MR) is 75.7 cm³/mol. The van der Waals surface area contributed by atoms with E-state index in [2.05, 4.69) is 43.1 Å². The number of nitrogens with zero attached hydrogens (tertiary/aromatic N) is 1. The second-order valence-electron chi connectivity index (χ2n) is 5.02. The van der Waals surface area contributed by atoms with Crippen LogP contribution in [0.1, 0.15) is 12.5 Å². The van der Waals surface area contributed by atoms with Crippen molar-refractivity contribution in [3.05, 3.63) is 48.0 Å². The summed E-state index contributed by atoms with van der Waals surface area (Å²) in [6.07, 6.45) is 2.30. The molecule has 1 atom stereocenters. The molecule has 92 valence electrons. The first kappa shape index (κ1) is 11.3. The number of phenolic OH excluding ortho intramolecular Hbond substituents is 1. The average molecular weight is 239 g/mol. The van der Waals surface area contributed by atoms with Crippen LogP contribution < -0.4 is 0 Å². The highest BCUT2D eigenvalue weighted by Crippen LogP contribution is 2.29. The lowest BCUT2D eigenvalue weighted by Gasteiger charge is -2.18. The van der Waals surface area contributed by atoms with Crippen molar-refractivity contribution in [1.29, 1.82) is 0 Å². The van der Waals surface area contributed by atoms with Crippen LogP contribution in [0.25, 0.3) is 16.3 Å². The van der Waals surface area contributed by atoms with Crippen LogP contribution in [0.4, 0.5) is 0 Å². The van der Waals surface area contributed by atoms with Crippen LogP contribution in [0, 0.1) is 0 Å². The first-order valence-electron chi connectivity index (χ1n) is 6.28. The molecule has 2 aromatic rings. The van der Waals surface area contributed by atoms with Crippen molar-refractivity contribution < 1.29 is 5.11 Å². The quantitative estimate of drug-likeness (QED) is 0.825. The zero-order chi connectivity index (χ0) is 12.7. The molecule has 0 spiro atoms. The van der Waals surface area contributed by atoms with E-state index in [9.17, 15) is 5.11 Å². The molecule has 2 aromatic carbocycles. The van der Waals surface area contributed by atoms with Gasteiger partial charge in [-0.2, -0.15) is 0 Å². The van der Waals surface area contributed by atoms with Crippen molar-refractivity contribution in [3.63, 3.8) is 0 Å². The number of likely N-dealkylation sites (N-methyl/N-ethyl adjacent to an activating group) is 1. The van der Waals surface area contributed by atoms with Gasteiger partial charge in [0.25, 0.3) is 0 Å². The Balaban J connectivity index is 2.07. The fourth-order valence-corrected chi connectivity index (χ4v) is 2.58. The second kappa shape index (κ2) is 4.14. The Hall–Kier alpha value is -1.80. The van der Waals surface area contributed by atoms with E-state index < -0.39 is 0 Å². The molecule has 0 aliphatic carbocycles. The Morgan fingerprint density at radius 3 is 2.56 bits per heavy atom. The van der Waals surface area contributed by atoms with Gasteiger partial charge in [-0.05, 0) is 54.1 Å². The Morgan fingerprint density at radius 2 is 1.83 bits per heavy atom. The van der Waals surface area contributed by atoms with E-state index in [1.165, 1.54) is 16.5 Å². The van der Waals surface area contributed by atoms with Crippen molar-refractivity contribution in [2.24, 2.45) is 0 Å². The molecule has 0 fully saturated rings. The molecule has 1 heterocycles. The predicted octanol–water partition coefficient (Wildman–Crippen LogP) is 3.26. The summed E-state index contributed by atoms with van der Waals surface area (Å²) >= 11 is 0. The van der Waals surface area contributed by atoms with Crippen LogP contribution in [0.2, 0.25) is 0 Å². The summed E-state index contributed by atoms with van der Waals surface area (Å²) in [5.74, 6) is 0.323. The third-order valence-electron chi connectivity index (χ3n) is 3.87. The van der Waals surface area contributed by atoms with E-state index in [0.29, 0.717) is 11.8 Å². The fourth-order valence-electron chi connectivity index (χ4n) is 2.58. The molecule has 0 amide bonds. The van der Waals surface area contributed by atoms with Gasteiger partial charge in [-0.15, -0.1) is 0 Å². The van der Waals surface area contributed by atoms with Gasteiger partial charge in [0.05, 0.1) is 0 Å². The smallest absolute Gasteiger partial charge is 0.116 e. The van der Waals surface area contributed by atoms with Gasteiger partial charge in [0, 0.05) is 12.6 Å². The van der Waals surface area contributed by atoms with Gasteiger partial charge in [0.15, 0.2) is 0 Å². The molecule has 0 saturated carbocycles. The second-order valence-corrected chi connectivity index (χ2v) is 5.02. The molecule has 2 nitrogen and oxygen atoms in total. The van der Waals surface area contributed by atoms with Crippen LogP contribution in [0.5, 0.6) is 5.75 Å². The molecule has 0 unspecified atom stereocenters. The summed E-state index contributed by atoms with van der Waals surface area (Å²) in [7, 11) is 2.15. The van der Waals surface area contributed by atoms with E-state index in [1.54, 1.807) is 12.1 Å². The van der Waals surface area contributed by atoms with Gasteiger partial charge in [-0.25, -0.2) is 0 Å². The number of hydrogen-bond donors (Lipinski definition) is 1. The molecule has 18 heavy (non-hydrogen) atoms. The first-order valence-corrected chi connectivity index (χ1v) is 6.28. The molecule has 1 aliphatic rings. The van der Waals surface area contributed by atoms with Crippen LogP contribution in [0.3, 0.4) is 0 Å². The third kappa shape index (κ3) is 1.79. The summed E-state index contributed by atoms with van der Waals surface area (Å²) < 4.78 is 0. The lowest BCUT2D eigenvalue weighted by molar-refractivity contribution is 0.357. The summed E-state index contributed by atoms with van der Waals surface area (Å²) in [6, 6.07) is 12.4. The zero-order valence-corrected chi connectivity index (χ0v) is 10.7. The highest BCUT2D eigenvalue weighted by molar-refractivity contribution is 5.88. The minimum atomic E-state index is 0.323. The largest absolute Gasteiger partial charge is 0.508 e. The van der Waals surface area contributed by atoms with Crippen LogP contribution in [-0.2, 0) is 0 Å². The molecule has 3 rings (SSSR count). The average Bonchev–Trinajstić information content (AvgIpc) is 2.69. The molecule has 1 aliphatic heterocycles. The summed E-state index contributed by atoms with van der Waals surface area (Å²) in [5, 5.41) is 11.7. The number of benzene rings is 2. The lowest BCUT2D eigenvalue weighted by atomic mass is 9.98. The maximum atomic E-state index is 9.47. The Labute approximate surface area is 107 Å². The van der Waals surface area contributed by atoms with Crippen molar-refractivity contribution >= 4 is 16.3 Å². The van der Waals surface area contributed by atoms with Crippen molar-refractivity contribution in [3.8, 4) is 5.75 Å². The topological polar surface area (TPSA) is 23.5 Å². The van der Waals surface area contributed by atoms with Gasteiger partial charge >= 0.3 is 0 Å². The van der Waals surface area contributed by atoms with E-state index in [4.69, 9.17) is 0 Å². The SMILES string of the molecule is C[C@H]1C(c2ccc3cc(O)ccc3c2)=CCN1C. The van der Waals surface area contributed by atoms with Crippen LogP contribution in [-0.4, -0.2) is 29.6 Å². The van der Waals surface area contributed by atoms with E-state index >= 15 is 0 Å². The molecular weight excluding hydrogens is 222 g/mol. The van der Waals surface area contributed by atoms with E-state index in [-0.39, 0.29) is 0 Å². The number of fused-ring (bicyclic) bond motifs is 1. The summed E-state index contributed by atoms with van der Waals surface area (Å²) in [5.41, 5.74) is 2.68. The summed E-state index contributed by atoms with van der Waals surface area (Å²) in [6.45, 7) is 3.25. The highest BCUT2D eigenvalue weighted by Gasteiger charge is 2.20. The third-order valence-corrected chi connectivity index (χ3v) is 3.87. The summed E-state index contributed by atoms with van der Waals surface area (Å²) in [4.78, 5) is 2.33. The minimum absolute atomic E-state index is 0.323. The standard InChI is InChI=1S/C16H17NO/c1-11-16(7-8-17(11)2)14-4-3-13-10-15(18)6-5-12(13)9-14/h3-7,9-11,18H,8H2,1-2H3/t11-/m0/s1. The van der Waals surface area contributed by atoms with Gasteiger partial charge in [-0.3, -0.25) is 4.90 Å². The van der Waals surface area contributed by atoms with Crippen molar-refractivity contribution in [1.82, 2.24) is 4.90 Å². The Morgan fingerprint density at radius 1 is 1.11 bits per heavy atom. The molecule has 0 bridgehead atoms. The Kier molecular flexibility index (Phi) is 2.60. The molecular formula is C16H17NO. The van der Waals surface area contributed by atoms with Gasteiger partial charge in [-0.1, -0.05) is 24.3 Å². The highest BCUT2D eigenvalue weighted by atomic mass is 16.3. The fraction of sp³-hybridized carbons (Fsp3) is 0.250. The van der Waals surface area contributed by atoms with E-state index in [1.807, 2.05) is 6.07 Å². The minimum Gasteiger partial charge on any atom is -0.508 e. The molecule has 2 heteroatoms. The van der Waals surface area contributed by atoms with E-state index in [0.717, 1.165) is 11.9 Å². The zero-order valence-electron chi connectivity index (χ0n) is 10.7. The molecule has 0 saturated heterocycles. The number of rotatable bonds is 1. The van der Waals surface area contributed by atoms with Gasteiger partial charge in [0.1, 0.15) is 5.75 Å². The van der Waals surface area contributed by atoms with Gasteiger partial charge in [0.2, 0.25) is 0 Å². The Bertz CT molecular complexity index is 630. The first-order chi connectivity index (χ1) is 8.65. The monoisotopic (exact) mass is 239 g/mol. The number of hydrogen-bond acceptors (Lipinski definition) is 2. The number of phenols is 1. The van der Waals surface area contributed by atoms with Crippen molar-refractivity contribution in [2.45, 2.75) is 13.0 Å². The maximum Gasteiger partial charge on any atom is 0.116 e. The lowest BCUT2D eigenvalue weighted by Crippen LogP contribution is -2.24.